The van der Waals surface area contributed by atoms with Gasteiger partial charge in [0.15, 0.2) is 0 Å². The van der Waals surface area contributed by atoms with Crippen molar-refractivity contribution < 1.29 is 24.2 Å². The second-order valence-electron chi connectivity index (χ2n) is 6.20. The van der Waals surface area contributed by atoms with Crippen LogP contribution >= 0.6 is 0 Å². The summed E-state index contributed by atoms with van der Waals surface area (Å²) in [5, 5.41) is 8.84. The van der Waals surface area contributed by atoms with Gasteiger partial charge in [0, 0.05) is 26.3 Å². The van der Waals surface area contributed by atoms with Gasteiger partial charge in [0.2, 0.25) is 0 Å². The van der Waals surface area contributed by atoms with E-state index in [1.807, 2.05) is 20.8 Å². The van der Waals surface area contributed by atoms with Gasteiger partial charge >= 0.3 is 12.0 Å². The number of carboxylic acid groups (broad SMARTS) is 1. The minimum atomic E-state index is -0.914. The summed E-state index contributed by atoms with van der Waals surface area (Å²) in [6.07, 6.45) is -0.376. The molecule has 2 amide bonds. The number of urea groups is 1. The molecule has 2 unspecified atom stereocenters. The minimum Gasteiger partial charge on any atom is -0.481 e. The molecule has 122 valence electrons. The molecule has 1 saturated heterocycles. The molecule has 0 bridgehead atoms. The van der Waals surface area contributed by atoms with E-state index in [0.29, 0.717) is 13.1 Å². The zero-order valence-electron chi connectivity index (χ0n) is 13.5. The van der Waals surface area contributed by atoms with Crippen LogP contribution in [0.5, 0.6) is 0 Å². The third-order valence-electron chi connectivity index (χ3n) is 3.68. The lowest BCUT2D eigenvalue weighted by Crippen LogP contribution is -2.52. The SMILES string of the molecule is COC1CN(C(=O)N(CCC(=O)O)C(C)(C)C)CC1OC. The maximum absolute atomic E-state index is 12.7. The number of ether oxygens (including phenoxy) is 2. The van der Waals surface area contributed by atoms with Crippen molar-refractivity contribution in [2.45, 2.75) is 44.9 Å². The van der Waals surface area contributed by atoms with E-state index in [0.717, 1.165) is 0 Å². The fourth-order valence-electron chi connectivity index (χ4n) is 2.45. The summed E-state index contributed by atoms with van der Waals surface area (Å²) in [5.74, 6) is -0.914. The normalized spacial score (nSPS) is 22.4. The molecule has 1 aliphatic rings. The standard InChI is InChI=1S/C14H26N2O5/c1-14(2,3)16(7-6-12(17)18)13(19)15-8-10(20-4)11(9-15)21-5/h10-11H,6-9H2,1-5H3,(H,17,18). The molecular formula is C14H26N2O5. The lowest BCUT2D eigenvalue weighted by Gasteiger charge is -2.38. The average Bonchev–Trinajstić information content (AvgIpc) is 2.79. The quantitative estimate of drug-likeness (QED) is 0.820. The van der Waals surface area contributed by atoms with Crippen molar-refractivity contribution in [1.82, 2.24) is 9.80 Å². The number of carbonyl (C=O) groups excluding carboxylic acids is 1. The Morgan fingerprint density at radius 1 is 1.19 bits per heavy atom. The molecule has 7 nitrogen and oxygen atoms in total. The molecule has 1 aliphatic heterocycles. The van der Waals surface area contributed by atoms with E-state index in [4.69, 9.17) is 14.6 Å². The summed E-state index contributed by atoms with van der Waals surface area (Å²) in [4.78, 5) is 26.7. The molecule has 0 radical (unpaired) electrons. The zero-order valence-corrected chi connectivity index (χ0v) is 13.5. The number of hydrogen-bond acceptors (Lipinski definition) is 4. The van der Waals surface area contributed by atoms with Crippen LogP contribution in [-0.2, 0) is 14.3 Å². The van der Waals surface area contributed by atoms with Crippen LogP contribution in [-0.4, -0.2) is 78.5 Å². The summed E-state index contributed by atoms with van der Waals surface area (Å²) in [7, 11) is 3.19. The molecule has 0 spiro atoms. The number of carboxylic acids is 1. The van der Waals surface area contributed by atoms with Crippen LogP contribution in [0.1, 0.15) is 27.2 Å². The van der Waals surface area contributed by atoms with Gasteiger partial charge in [-0.2, -0.15) is 0 Å². The first-order chi connectivity index (χ1) is 9.70. The molecule has 2 atom stereocenters. The van der Waals surface area contributed by atoms with Crippen molar-refractivity contribution in [3.8, 4) is 0 Å². The lowest BCUT2D eigenvalue weighted by molar-refractivity contribution is -0.137. The molecule has 0 aliphatic carbocycles. The predicted octanol–water partition coefficient (Wildman–Crippen LogP) is 1.03. The van der Waals surface area contributed by atoms with Gasteiger partial charge in [0.05, 0.1) is 19.5 Å². The van der Waals surface area contributed by atoms with Crippen LogP contribution in [0.3, 0.4) is 0 Å². The highest BCUT2D eigenvalue weighted by atomic mass is 16.5. The fraction of sp³-hybridized carbons (Fsp3) is 0.857. The van der Waals surface area contributed by atoms with Crippen molar-refractivity contribution in [1.29, 1.82) is 0 Å². The smallest absolute Gasteiger partial charge is 0.320 e. The largest absolute Gasteiger partial charge is 0.481 e. The molecule has 0 aromatic carbocycles. The Kier molecular flexibility index (Phi) is 5.98. The van der Waals surface area contributed by atoms with E-state index in [1.165, 1.54) is 0 Å². The maximum Gasteiger partial charge on any atom is 0.320 e. The third-order valence-corrected chi connectivity index (χ3v) is 3.68. The summed E-state index contributed by atoms with van der Waals surface area (Å²) >= 11 is 0. The Balaban J connectivity index is 2.79. The molecule has 1 rings (SSSR count). The number of rotatable bonds is 5. The molecule has 0 aromatic rings. The van der Waals surface area contributed by atoms with E-state index in [9.17, 15) is 9.59 Å². The van der Waals surface area contributed by atoms with Crippen molar-refractivity contribution >= 4 is 12.0 Å². The summed E-state index contributed by atoms with van der Waals surface area (Å²) in [6.45, 7) is 6.77. The number of hydrogen-bond donors (Lipinski definition) is 1. The van der Waals surface area contributed by atoms with Crippen molar-refractivity contribution in [3.05, 3.63) is 0 Å². The highest BCUT2D eigenvalue weighted by Gasteiger charge is 2.39. The van der Waals surface area contributed by atoms with Gasteiger partial charge in [0.1, 0.15) is 12.2 Å². The van der Waals surface area contributed by atoms with Gasteiger partial charge in [-0.1, -0.05) is 0 Å². The lowest BCUT2D eigenvalue weighted by atomic mass is 10.1. The van der Waals surface area contributed by atoms with E-state index in [-0.39, 0.29) is 31.2 Å². The molecular weight excluding hydrogens is 276 g/mol. The Morgan fingerprint density at radius 3 is 2.00 bits per heavy atom. The van der Waals surface area contributed by atoms with Gasteiger partial charge in [-0.15, -0.1) is 0 Å². The van der Waals surface area contributed by atoms with Gasteiger partial charge in [0.25, 0.3) is 0 Å². The number of nitrogens with zero attached hydrogens (tertiary/aromatic N) is 2. The van der Waals surface area contributed by atoms with Crippen LogP contribution in [0.15, 0.2) is 0 Å². The first-order valence-corrected chi connectivity index (χ1v) is 7.04. The number of carbonyl (C=O) groups is 2. The van der Waals surface area contributed by atoms with Crippen LogP contribution in [0.4, 0.5) is 4.79 Å². The van der Waals surface area contributed by atoms with Gasteiger partial charge < -0.3 is 24.4 Å². The summed E-state index contributed by atoms with van der Waals surface area (Å²) in [6, 6.07) is -0.176. The highest BCUT2D eigenvalue weighted by Crippen LogP contribution is 2.22. The number of amides is 2. The van der Waals surface area contributed by atoms with E-state index >= 15 is 0 Å². The van der Waals surface area contributed by atoms with Crippen LogP contribution < -0.4 is 0 Å². The molecule has 21 heavy (non-hydrogen) atoms. The van der Waals surface area contributed by atoms with Crippen molar-refractivity contribution in [2.24, 2.45) is 0 Å². The van der Waals surface area contributed by atoms with Crippen LogP contribution in [0.25, 0.3) is 0 Å². The Morgan fingerprint density at radius 2 is 1.67 bits per heavy atom. The highest BCUT2D eigenvalue weighted by molar-refractivity contribution is 5.76. The molecule has 0 aromatic heterocycles. The van der Waals surface area contributed by atoms with Crippen molar-refractivity contribution in [2.75, 3.05) is 33.9 Å². The minimum absolute atomic E-state index is 0.0712. The predicted molar refractivity (Wildman–Crippen MR) is 77.3 cm³/mol. The second-order valence-corrected chi connectivity index (χ2v) is 6.20. The van der Waals surface area contributed by atoms with Crippen LogP contribution in [0.2, 0.25) is 0 Å². The molecule has 1 fully saturated rings. The average molecular weight is 302 g/mol. The third kappa shape index (κ3) is 4.57. The summed E-state index contributed by atoms with van der Waals surface area (Å²) < 4.78 is 10.7. The molecule has 7 heteroatoms. The van der Waals surface area contributed by atoms with Gasteiger partial charge in [-0.05, 0) is 20.8 Å². The first-order valence-electron chi connectivity index (χ1n) is 7.04. The molecule has 1 heterocycles. The fourth-order valence-corrected chi connectivity index (χ4v) is 2.45. The van der Waals surface area contributed by atoms with Crippen LogP contribution in [0, 0.1) is 0 Å². The number of methoxy groups -OCH3 is 2. The Hall–Kier alpha value is -1.34. The first kappa shape index (κ1) is 17.7. The molecule has 1 N–H and O–H groups in total. The van der Waals surface area contributed by atoms with Gasteiger partial charge in [-0.3, -0.25) is 4.79 Å². The van der Waals surface area contributed by atoms with E-state index in [1.54, 1.807) is 24.0 Å². The topological polar surface area (TPSA) is 79.3 Å². The monoisotopic (exact) mass is 302 g/mol. The summed E-state index contributed by atoms with van der Waals surface area (Å²) in [5.41, 5.74) is -0.444. The molecule has 0 saturated carbocycles. The van der Waals surface area contributed by atoms with E-state index in [2.05, 4.69) is 0 Å². The van der Waals surface area contributed by atoms with Crippen molar-refractivity contribution in [3.63, 3.8) is 0 Å². The van der Waals surface area contributed by atoms with Gasteiger partial charge in [-0.25, -0.2) is 4.79 Å². The Bertz CT molecular complexity index is 368. The second kappa shape index (κ2) is 7.09. The number of aliphatic carboxylic acids is 1. The number of likely N-dealkylation sites (tertiary alicyclic amines) is 1. The Labute approximate surface area is 125 Å². The van der Waals surface area contributed by atoms with E-state index < -0.39 is 11.5 Å². The maximum atomic E-state index is 12.7. The zero-order chi connectivity index (χ0) is 16.2.